The van der Waals surface area contributed by atoms with Crippen LogP contribution in [0.5, 0.6) is 11.6 Å². The molecule has 1 aromatic carbocycles. The van der Waals surface area contributed by atoms with Crippen LogP contribution in [0.25, 0.3) is 0 Å². The van der Waals surface area contributed by atoms with Crippen LogP contribution in [-0.4, -0.2) is 9.97 Å². The summed E-state index contributed by atoms with van der Waals surface area (Å²) < 4.78 is 6.38. The van der Waals surface area contributed by atoms with Crippen LogP contribution in [0.15, 0.2) is 34.9 Å². The summed E-state index contributed by atoms with van der Waals surface area (Å²) in [5.41, 5.74) is 0. The summed E-state index contributed by atoms with van der Waals surface area (Å²) in [6, 6.07) is 9.03. The molecule has 0 atom stereocenters. The Hall–Kier alpha value is -1.13. The van der Waals surface area contributed by atoms with Gasteiger partial charge in [0.15, 0.2) is 0 Å². The Balaban J connectivity index is 2.26. The monoisotopic (exact) mass is 326 g/mol. The summed E-state index contributed by atoms with van der Waals surface area (Å²) in [6.07, 6.45) is 1.81. The highest BCUT2D eigenvalue weighted by Gasteiger charge is 2.06. The summed E-state index contributed by atoms with van der Waals surface area (Å²) in [7, 11) is 0. The van der Waals surface area contributed by atoms with Crippen LogP contribution in [0.4, 0.5) is 0 Å². The van der Waals surface area contributed by atoms with Crippen LogP contribution in [-0.2, 0) is 6.42 Å². The molecule has 1 aromatic heterocycles. The molecule has 0 radical (unpaired) electrons. The van der Waals surface area contributed by atoms with E-state index in [-0.39, 0.29) is 0 Å². The molecule has 0 amide bonds. The molecule has 3 nitrogen and oxygen atoms in total. The fraction of sp³-hybridized carbons (Fsp3) is 0.231. The van der Waals surface area contributed by atoms with Crippen LogP contribution in [0.2, 0.25) is 5.02 Å². The summed E-state index contributed by atoms with van der Waals surface area (Å²) >= 11 is 9.39. The third-order valence-corrected chi connectivity index (χ3v) is 2.96. The van der Waals surface area contributed by atoms with Crippen LogP contribution < -0.4 is 4.74 Å². The molecule has 0 spiro atoms. The van der Waals surface area contributed by atoms with Crippen molar-refractivity contribution in [1.82, 2.24) is 9.97 Å². The molecule has 1 heterocycles. The van der Waals surface area contributed by atoms with Crippen molar-refractivity contribution in [1.29, 1.82) is 0 Å². The van der Waals surface area contributed by atoms with Gasteiger partial charge in [0, 0.05) is 12.5 Å². The molecular formula is C13H12BrClN2O. The number of benzene rings is 1. The maximum Gasteiger partial charge on any atom is 0.223 e. The van der Waals surface area contributed by atoms with E-state index < -0.39 is 0 Å². The van der Waals surface area contributed by atoms with Crippen molar-refractivity contribution in [2.45, 2.75) is 19.8 Å². The number of rotatable bonds is 4. The van der Waals surface area contributed by atoms with Gasteiger partial charge in [-0.1, -0.05) is 30.7 Å². The average molecular weight is 328 g/mol. The van der Waals surface area contributed by atoms with Crippen molar-refractivity contribution in [2.75, 3.05) is 0 Å². The van der Waals surface area contributed by atoms with Crippen molar-refractivity contribution >= 4 is 27.5 Å². The Morgan fingerprint density at radius 3 is 2.78 bits per heavy atom. The molecule has 0 aliphatic rings. The Kier molecular flexibility index (Phi) is 4.55. The molecule has 0 aliphatic heterocycles. The van der Waals surface area contributed by atoms with Gasteiger partial charge in [-0.25, -0.2) is 4.98 Å². The number of hydrogen-bond acceptors (Lipinski definition) is 3. The first-order valence-electron chi connectivity index (χ1n) is 5.65. The zero-order valence-electron chi connectivity index (χ0n) is 9.86. The van der Waals surface area contributed by atoms with Crippen molar-refractivity contribution in [2.24, 2.45) is 0 Å². The second-order valence-electron chi connectivity index (χ2n) is 3.73. The first-order chi connectivity index (χ1) is 8.69. The third-order valence-electron chi connectivity index (χ3n) is 2.24. The smallest absolute Gasteiger partial charge is 0.223 e. The van der Waals surface area contributed by atoms with Crippen LogP contribution >= 0.6 is 27.5 Å². The lowest BCUT2D eigenvalue weighted by molar-refractivity contribution is 0.457. The zero-order valence-corrected chi connectivity index (χ0v) is 12.2. The van der Waals surface area contributed by atoms with Gasteiger partial charge < -0.3 is 4.74 Å². The van der Waals surface area contributed by atoms with Gasteiger partial charge in [0.2, 0.25) is 5.88 Å². The lowest BCUT2D eigenvalue weighted by atomic mass is 10.3. The maximum absolute atomic E-state index is 6.03. The number of ether oxygens (including phenoxy) is 1. The van der Waals surface area contributed by atoms with E-state index in [0.29, 0.717) is 21.3 Å². The van der Waals surface area contributed by atoms with E-state index in [2.05, 4.69) is 32.8 Å². The first-order valence-corrected chi connectivity index (χ1v) is 6.82. The molecule has 0 bridgehead atoms. The fourth-order valence-electron chi connectivity index (χ4n) is 1.47. The second-order valence-corrected chi connectivity index (χ2v) is 4.95. The predicted molar refractivity (Wildman–Crippen MR) is 75.3 cm³/mol. The van der Waals surface area contributed by atoms with Gasteiger partial charge in [0.05, 0.1) is 5.02 Å². The molecular weight excluding hydrogens is 316 g/mol. The van der Waals surface area contributed by atoms with Gasteiger partial charge in [-0.15, -0.1) is 0 Å². The predicted octanol–water partition coefficient (Wildman–Crippen LogP) is 4.64. The van der Waals surface area contributed by atoms with Crippen molar-refractivity contribution in [3.63, 3.8) is 0 Å². The van der Waals surface area contributed by atoms with Gasteiger partial charge in [0.1, 0.15) is 16.2 Å². The van der Waals surface area contributed by atoms with Gasteiger partial charge in [-0.05, 0) is 34.5 Å². The molecule has 0 fully saturated rings. The van der Waals surface area contributed by atoms with Gasteiger partial charge in [-0.2, -0.15) is 4.98 Å². The number of aromatic nitrogens is 2. The number of hydrogen-bond donors (Lipinski definition) is 0. The van der Waals surface area contributed by atoms with Crippen molar-refractivity contribution in [3.05, 3.63) is 45.8 Å². The SMILES string of the molecule is CCCc1nc(Br)cc(Oc2ccccc2Cl)n1. The highest BCUT2D eigenvalue weighted by molar-refractivity contribution is 9.10. The largest absolute Gasteiger partial charge is 0.437 e. The first kappa shape index (κ1) is 13.3. The van der Waals surface area contributed by atoms with E-state index in [9.17, 15) is 0 Å². The topological polar surface area (TPSA) is 35.0 Å². The third kappa shape index (κ3) is 3.43. The van der Waals surface area contributed by atoms with Gasteiger partial charge >= 0.3 is 0 Å². The highest BCUT2D eigenvalue weighted by atomic mass is 79.9. The minimum absolute atomic E-state index is 0.494. The summed E-state index contributed by atoms with van der Waals surface area (Å²) in [5, 5.41) is 0.560. The molecule has 2 rings (SSSR count). The molecule has 0 aliphatic carbocycles. The second kappa shape index (κ2) is 6.16. The van der Waals surface area contributed by atoms with Crippen molar-refractivity contribution < 1.29 is 4.74 Å². The van der Waals surface area contributed by atoms with E-state index in [1.165, 1.54) is 0 Å². The van der Waals surface area contributed by atoms with Gasteiger partial charge in [0.25, 0.3) is 0 Å². The summed E-state index contributed by atoms with van der Waals surface area (Å²) in [5.74, 6) is 1.84. The molecule has 0 unspecified atom stereocenters. The molecule has 5 heteroatoms. The van der Waals surface area contributed by atoms with E-state index in [1.807, 2.05) is 12.1 Å². The van der Waals surface area contributed by atoms with E-state index in [4.69, 9.17) is 16.3 Å². The van der Waals surface area contributed by atoms with E-state index >= 15 is 0 Å². The average Bonchev–Trinajstić information content (AvgIpc) is 2.32. The number of halogens is 2. The maximum atomic E-state index is 6.03. The van der Waals surface area contributed by atoms with Crippen molar-refractivity contribution in [3.8, 4) is 11.6 Å². The normalized spacial score (nSPS) is 10.4. The van der Waals surface area contributed by atoms with E-state index in [1.54, 1.807) is 18.2 Å². The molecule has 0 saturated carbocycles. The van der Waals surface area contributed by atoms with E-state index in [0.717, 1.165) is 18.7 Å². The lowest BCUT2D eigenvalue weighted by Gasteiger charge is -2.08. The Bertz CT molecular complexity index is 548. The summed E-state index contributed by atoms with van der Waals surface area (Å²) in [6.45, 7) is 2.08. The standard InChI is InChI=1S/C13H12BrClN2O/c1-2-5-12-16-11(14)8-13(17-12)18-10-7-4-3-6-9(10)15/h3-4,6-8H,2,5H2,1H3. The molecule has 0 saturated heterocycles. The Labute approximate surface area is 119 Å². The lowest BCUT2D eigenvalue weighted by Crippen LogP contribution is -1.98. The Morgan fingerprint density at radius 1 is 1.28 bits per heavy atom. The molecule has 94 valence electrons. The van der Waals surface area contributed by atoms with Crippen LogP contribution in [0.3, 0.4) is 0 Å². The Morgan fingerprint density at radius 2 is 2.06 bits per heavy atom. The number of nitrogens with zero attached hydrogens (tertiary/aromatic N) is 2. The molecule has 0 N–H and O–H groups in total. The van der Waals surface area contributed by atoms with Gasteiger partial charge in [-0.3, -0.25) is 0 Å². The van der Waals surface area contributed by atoms with Crippen LogP contribution in [0.1, 0.15) is 19.2 Å². The minimum atomic E-state index is 0.494. The fourth-order valence-corrected chi connectivity index (χ4v) is 2.04. The summed E-state index contributed by atoms with van der Waals surface area (Å²) in [4.78, 5) is 8.62. The number of para-hydroxylation sites is 1. The highest BCUT2D eigenvalue weighted by Crippen LogP contribution is 2.28. The molecule has 18 heavy (non-hydrogen) atoms. The zero-order chi connectivity index (χ0) is 13.0. The quantitative estimate of drug-likeness (QED) is 0.767. The molecule has 2 aromatic rings. The minimum Gasteiger partial charge on any atom is -0.437 e. The van der Waals surface area contributed by atoms with Crippen LogP contribution in [0, 0.1) is 0 Å². The number of aryl methyl sites for hydroxylation is 1.